The van der Waals surface area contributed by atoms with E-state index in [0.29, 0.717) is 6.42 Å². The van der Waals surface area contributed by atoms with Gasteiger partial charge in [0.2, 0.25) is 11.8 Å². The Balaban J connectivity index is 1.71. The van der Waals surface area contributed by atoms with E-state index in [2.05, 4.69) is 5.32 Å². The van der Waals surface area contributed by atoms with Crippen LogP contribution in [0.25, 0.3) is 0 Å². The average molecular weight is 292 g/mol. The number of nitrogens with one attached hydrogen (secondary N) is 1. The Morgan fingerprint density at radius 2 is 2.29 bits per heavy atom. The Labute approximate surface area is 121 Å². The fourth-order valence-electron chi connectivity index (χ4n) is 2.99. The smallest absolute Gasteiger partial charge is 0.228 e. The van der Waals surface area contributed by atoms with E-state index < -0.39 is 12.2 Å². The van der Waals surface area contributed by atoms with Crippen LogP contribution < -0.4 is 5.32 Å². The largest absolute Gasteiger partial charge is 0.394 e. The molecule has 2 aliphatic rings. The molecule has 112 valence electrons. The minimum atomic E-state index is -1.06. The van der Waals surface area contributed by atoms with Crippen LogP contribution >= 0.6 is 0 Å². The van der Waals surface area contributed by atoms with Crippen molar-refractivity contribution in [1.82, 2.24) is 4.90 Å². The van der Waals surface area contributed by atoms with Crippen molar-refractivity contribution in [1.29, 1.82) is 0 Å². The molecule has 2 heterocycles. The van der Waals surface area contributed by atoms with Gasteiger partial charge in [0.1, 0.15) is 6.17 Å². The number of nitrogens with zero attached hydrogens (tertiary/aromatic N) is 1. The molecule has 0 saturated carbocycles. The predicted octanol–water partition coefficient (Wildman–Crippen LogP) is 0.655. The van der Waals surface area contributed by atoms with Crippen molar-refractivity contribution in [3.8, 4) is 0 Å². The van der Waals surface area contributed by atoms with E-state index in [1.165, 1.54) is 4.90 Å². The molecule has 1 aromatic carbocycles. The third-order valence-corrected chi connectivity index (χ3v) is 4.05. The highest BCUT2D eigenvalue weighted by Gasteiger charge is 2.34. The number of halogens is 1. The second-order valence-corrected chi connectivity index (χ2v) is 5.61. The van der Waals surface area contributed by atoms with Gasteiger partial charge in [-0.05, 0) is 17.2 Å². The maximum absolute atomic E-state index is 13.4. The highest BCUT2D eigenvalue weighted by molar-refractivity contribution is 5.99. The second-order valence-electron chi connectivity index (χ2n) is 5.61. The first-order chi connectivity index (χ1) is 10.1. The minimum absolute atomic E-state index is 0.0474. The first kappa shape index (κ1) is 14.0. The quantitative estimate of drug-likeness (QED) is 0.859. The molecule has 0 unspecified atom stereocenters. The molecular weight excluding hydrogens is 275 g/mol. The van der Waals surface area contributed by atoms with Crippen LogP contribution in [0.1, 0.15) is 17.5 Å². The number of aliphatic hydroxyl groups excluding tert-OH is 1. The standard InChI is InChI=1S/C15H17FN2O3/c16-11-6-12(8-19)18(7-11)15(21)4-9-1-2-10-5-14(20)17-13(10)3-9/h1-3,11-12,19H,4-8H2,(H,17,20)/t11-,12-/m0/s1. The Bertz CT molecular complexity index is 590. The van der Waals surface area contributed by atoms with Crippen LogP contribution in [0.15, 0.2) is 18.2 Å². The van der Waals surface area contributed by atoms with E-state index >= 15 is 0 Å². The van der Waals surface area contributed by atoms with E-state index in [-0.39, 0.29) is 37.8 Å². The molecule has 1 fully saturated rings. The van der Waals surface area contributed by atoms with Crippen molar-refractivity contribution in [3.63, 3.8) is 0 Å². The molecule has 0 radical (unpaired) electrons. The summed E-state index contributed by atoms with van der Waals surface area (Å²) in [5, 5.41) is 12.0. The molecule has 1 saturated heterocycles. The van der Waals surface area contributed by atoms with Crippen LogP contribution in [0.4, 0.5) is 10.1 Å². The van der Waals surface area contributed by atoms with Gasteiger partial charge in [-0.25, -0.2) is 4.39 Å². The lowest BCUT2D eigenvalue weighted by Gasteiger charge is -2.22. The zero-order valence-corrected chi connectivity index (χ0v) is 11.5. The minimum Gasteiger partial charge on any atom is -0.394 e. The molecule has 6 heteroatoms. The summed E-state index contributed by atoms with van der Waals surface area (Å²) in [7, 11) is 0. The van der Waals surface area contributed by atoms with E-state index in [1.807, 2.05) is 12.1 Å². The number of hydrogen-bond acceptors (Lipinski definition) is 3. The Morgan fingerprint density at radius 1 is 1.48 bits per heavy atom. The molecule has 2 N–H and O–H groups in total. The molecule has 2 atom stereocenters. The summed E-state index contributed by atoms with van der Waals surface area (Å²) in [5.41, 5.74) is 2.45. The number of hydrogen-bond donors (Lipinski definition) is 2. The van der Waals surface area contributed by atoms with Crippen LogP contribution in [0.2, 0.25) is 0 Å². The molecule has 0 spiro atoms. The van der Waals surface area contributed by atoms with E-state index in [1.54, 1.807) is 6.07 Å². The molecule has 0 aliphatic carbocycles. The summed E-state index contributed by atoms with van der Waals surface area (Å²) in [4.78, 5) is 25.0. The molecule has 5 nitrogen and oxygen atoms in total. The van der Waals surface area contributed by atoms with E-state index in [0.717, 1.165) is 16.8 Å². The van der Waals surface area contributed by atoms with E-state index in [4.69, 9.17) is 0 Å². The number of likely N-dealkylation sites (tertiary alicyclic amines) is 1. The monoisotopic (exact) mass is 292 g/mol. The third-order valence-electron chi connectivity index (χ3n) is 4.05. The predicted molar refractivity (Wildman–Crippen MR) is 74.6 cm³/mol. The van der Waals surface area contributed by atoms with Crippen molar-refractivity contribution in [3.05, 3.63) is 29.3 Å². The average Bonchev–Trinajstić information content (AvgIpc) is 2.99. The third kappa shape index (κ3) is 2.76. The topological polar surface area (TPSA) is 69.6 Å². The van der Waals surface area contributed by atoms with Crippen LogP contribution in [-0.2, 0) is 22.4 Å². The van der Waals surface area contributed by atoms with Crippen LogP contribution in [-0.4, -0.2) is 47.2 Å². The normalized spacial score (nSPS) is 24.1. The molecule has 0 aromatic heterocycles. The second kappa shape index (κ2) is 5.44. The lowest BCUT2D eigenvalue weighted by Crippen LogP contribution is -2.38. The van der Waals surface area contributed by atoms with E-state index in [9.17, 15) is 19.1 Å². The van der Waals surface area contributed by atoms with Crippen LogP contribution in [0, 0.1) is 0 Å². The molecular formula is C15H17FN2O3. The SMILES string of the molecule is O=C1Cc2ccc(CC(=O)N3C[C@@H](F)C[C@H]3CO)cc2N1. The summed E-state index contributed by atoms with van der Waals surface area (Å²) in [5.74, 6) is -0.243. The van der Waals surface area contributed by atoms with Gasteiger partial charge in [0.15, 0.2) is 0 Å². The van der Waals surface area contributed by atoms with Gasteiger partial charge in [-0.15, -0.1) is 0 Å². The highest BCUT2D eigenvalue weighted by Crippen LogP contribution is 2.25. The number of benzene rings is 1. The number of fused-ring (bicyclic) bond motifs is 1. The van der Waals surface area contributed by atoms with Crippen molar-refractivity contribution < 1.29 is 19.1 Å². The van der Waals surface area contributed by atoms with Gasteiger partial charge in [-0.3, -0.25) is 9.59 Å². The molecule has 21 heavy (non-hydrogen) atoms. The summed E-state index contributed by atoms with van der Waals surface area (Å²) in [6.45, 7) is -0.169. The van der Waals surface area contributed by atoms with Crippen LogP contribution in [0.3, 0.4) is 0 Å². The maximum atomic E-state index is 13.4. The van der Waals surface area contributed by atoms with Gasteiger partial charge < -0.3 is 15.3 Å². The highest BCUT2D eigenvalue weighted by atomic mass is 19.1. The first-order valence-corrected chi connectivity index (χ1v) is 7.03. The van der Waals surface area contributed by atoms with Gasteiger partial charge in [0.05, 0.1) is 32.0 Å². The number of amides is 2. The van der Waals surface area contributed by atoms with Crippen molar-refractivity contribution in [2.75, 3.05) is 18.5 Å². The summed E-state index contributed by atoms with van der Waals surface area (Å²) >= 11 is 0. The lowest BCUT2D eigenvalue weighted by molar-refractivity contribution is -0.132. The molecule has 2 aliphatic heterocycles. The van der Waals surface area contributed by atoms with Crippen molar-refractivity contribution >= 4 is 17.5 Å². The molecule has 3 rings (SSSR count). The number of alkyl halides is 1. The zero-order chi connectivity index (χ0) is 15.0. The summed E-state index contributed by atoms with van der Waals surface area (Å²) in [6, 6.07) is 5.01. The molecule has 1 aromatic rings. The summed E-state index contributed by atoms with van der Waals surface area (Å²) in [6.07, 6.45) is -0.355. The summed E-state index contributed by atoms with van der Waals surface area (Å²) < 4.78 is 13.4. The van der Waals surface area contributed by atoms with Crippen molar-refractivity contribution in [2.24, 2.45) is 0 Å². The number of anilines is 1. The maximum Gasteiger partial charge on any atom is 0.228 e. The van der Waals surface area contributed by atoms with Crippen LogP contribution in [0.5, 0.6) is 0 Å². The number of carbonyl (C=O) groups excluding carboxylic acids is 2. The first-order valence-electron chi connectivity index (χ1n) is 7.03. The number of aliphatic hydroxyl groups is 1. The molecule has 2 amide bonds. The van der Waals surface area contributed by atoms with Gasteiger partial charge in [-0.2, -0.15) is 0 Å². The van der Waals surface area contributed by atoms with Gasteiger partial charge in [-0.1, -0.05) is 12.1 Å². The number of rotatable bonds is 3. The van der Waals surface area contributed by atoms with Gasteiger partial charge in [0, 0.05) is 12.1 Å². The lowest BCUT2D eigenvalue weighted by atomic mass is 10.1. The van der Waals surface area contributed by atoms with Gasteiger partial charge in [0.25, 0.3) is 0 Å². The fraction of sp³-hybridized carbons (Fsp3) is 0.467. The Hall–Kier alpha value is -1.95. The fourth-order valence-corrected chi connectivity index (χ4v) is 2.99. The zero-order valence-electron chi connectivity index (χ0n) is 11.5. The van der Waals surface area contributed by atoms with Crippen molar-refractivity contribution in [2.45, 2.75) is 31.5 Å². The molecule has 0 bridgehead atoms. The Morgan fingerprint density at radius 3 is 3.05 bits per heavy atom. The van der Waals surface area contributed by atoms with Gasteiger partial charge >= 0.3 is 0 Å². The number of carbonyl (C=O) groups is 2. The Kier molecular flexibility index (Phi) is 3.63.